The molecule has 1 aliphatic heterocycles. The number of rotatable bonds is 7. The smallest absolute Gasteiger partial charge is 0.305 e. The van der Waals surface area contributed by atoms with Gasteiger partial charge in [0, 0.05) is 26.6 Å². The van der Waals surface area contributed by atoms with Crippen molar-refractivity contribution in [3.8, 4) is 0 Å². The highest BCUT2D eigenvalue weighted by atomic mass is 16.5. The molecule has 1 saturated heterocycles. The first-order valence-corrected chi connectivity index (χ1v) is 6.36. The van der Waals surface area contributed by atoms with Crippen LogP contribution >= 0.6 is 0 Å². The van der Waals surface area contributed by atoms with E-state index in [-0.39, 0.29) is 24.0 Å². The van der Waals surface area contributed by atoms with Gasteiger partial charge >= 0.3 is 5.97 Å². The Morgan fingerprint density at radius 3 is 2.83 bits per heavy atom. The highest BCUT2D eigenvalue weighted by Gasteiger charge is 2.28. The van der Waals surface area contributed by atoms with Crippen molar-refractivity contribution in [1.29, 1.82) is 0 Å². The number of esters is 1. The second-order valence-corrected chi connectivity index (χ2v) is 4.25. The van der Waals surface area contributed by atoms with Crippen LogP contribution in [0.3, 0.4) is 0 Å². The van der Waals surface area contributed by atoms with E-state index in [9.17, 15) is 9.59 Å². The van der Waals surface area contributed by atoms with Crippen LogP contribution in [-0.4, -0.2) is 50.8 Å². The molecule has 104 valence electrons. The highest BCUT2D eigenvalue weighted by Crippen LogP contribution is 2.09. The van der Waals surface area contributed by atoms with Crippen molar-refractivity contribution in [3.05, 3.63) is 0 Å². The van der Waals surface area contributed by atoms with Crippen LogP contribution in [0.25, 0.3) is 0 Å². The van der Waals surface area contributed by atoms with Crippen molar-refractivity contribution in [2.24, 2.45) is 0 Å². The SMILES string of the molecule is CCOC(=O)CCCNC(=O)C1CC(OC)CN1. The molecule has 2 atom stereocenters. The summed E-state index contributed by atoms with van der Waals surface area (Å²) in [4.78, 5) is 22.8. The number of methoxy groups -OCH3 is 1. The maximum atomic E-state index is 11.7. The minimum absolute atomic E-state index is 0.0293. The summed E-state index contributed by atoms with van der Waals surface area (Å²) in [7, 11) is 1.64. The van der Waals surface area contributed by atoms with Gasteiger partial charge < -0.3 is 20.1 Å². The molecule has 2 unspecified atom stereocenters. The van der Waals surface area contributed by atoms with Gasteiger partial charge in [-0.1, -0.05) is 0 Å². The number of carbonyl (C=O) groups is 2. The Kier molecular flexibility index (Phi) is 6.67. The number of hydrogen-bond acceptors (Lipinski definition) is 5. The van der Waals surface area contributed by atoms with E-state index in [4.69, 9.17) is 9.47 Å². The number of amides is 1. The lowest BCUT2D eigenvalue weighted by molar-refractivity contribution is -0.143. The van der Waals surface area contributed by atoms with E-state index < -0.39 is 0 Å². The summed E-state index contributed by atoms with van der Waals surface area (Å²) in [6.07, 6.45) is 1.75. The zero-order chi connectivity index (χ0) is 13.4. The molecular formula is C12H22N2O4. The molecule has 0 aromatic rings. The zero-order valence-electron chi connectivity index (χ0n) is 11.0. The molecule has 1 rings (SSSR count). The van der Waals surface area contributed by atoms with Crippen molar-refractivity contribution < 1.29 is 19.1 Å². The fraction of sp³-hybridized carbons (Fsp3) is 0.833. The predicted octanol–water partition coefficient (Wildman–Crippen LogP) is -0.177. The lowest BCUT2D eigenvalue weighted by atomic mass is 10.2. The maximum Gasteiger partial charge on any atom is 0.305 e. The molecule has 1 heterocycles. The summed E-state index contributed by atoms with van der Waals surface area (Å²) >= 11 is 0. The van der Waals surface area contributed by atoms with Crippen LogP contribution in [0.15, 0.2) is 0 Å². The second kappa shape index (κ2) is 8.05. The summed E-state index contributed by atoms with van der Waals surface area (Å²) in [6, 6.07) is -0.183. The first kappa shape index (κ1) is 14.9. The van der Waals surface area contributed by atoms with Crippen LogP contribution in [0.1, 0.15) is 26.2 Å². The van der Waals surface area contributed by atoms with Gasteiger partial charge in [0.05, 0.1) is 18.8 Å². The molecule has 0 bridgehead atoms. The average Bonchev–Trinajstić information content (AvgIpc) is 2.83. The van der Waals surface area contributed by atoms with Crippen molar-refractivity contribution in [3.63, 3.8) is 0 Å². The van der Waals surface area contributed by atoms with Crippen LogP contribution in [-0.2, 0) is 19.1 Å². The third-order valence-corrected chi connectivity index (χ3v) is 2.90. The fourth-order valence-electron chi connectivity index (χ4n) is 1.88. The molecule has 6 nitrogen and oxygen atoms in total. The lowest BCUT2D eigenvalue weighted by Gasteiger charge is -2.11. The van der Waals surface area contributed by atoms with E-state index in [1.54, 1.807) is 14.0 Å². The Morgan fingerprint density at radius 1 is 1.44 bits per heavy atom. The molecule has 0 aliphatic carbocycles. The van der Waals surface area contributed by atoms with Crippen molar-refractivity contribution >= 4 is 11.9 Å². The molecule has 0 spiro atoms. The minimum atomic E-state index is -0.217. The minimum Gasteiger partial charge on any atom is -0.466 e. The van der Waals surface area contributed by atoms with Crippen LogP contribution < -0.4 is 10.6 Å². The standard InChI is InChI=1S/C12H22N2O4/c1-3-18-11(15)5-4-6-13-12(16)10-7-9(17-2)8-14-10/h9-10,14H,3-8H2,1-2H3,(H,13,16). The molecule has 0 aromatic heterocycles. The lowest BCUT2D eigenvalue weighted by Crippen LogP contribution is -2.40. The van der Waals surface area contributed by atoms with Gasteiger partial charge in [-0.25, -0.2) is 0 Å². The Morgan fingerprint density at radius 2 is 2.22 bits per heavy atom. The molecule has 6 heteroatoms. The topological polar surface area (TPSA) is 76.7 Å². The first-order valence-electron chi connectivity index (χ1n) is 6.36. The Hall–Kier alpha value is -1.14. The first-order chi connectivity index (χ1) is 8.67. The summed E-state index contributed by atoms with van der Waals surface area (Å²) in [5.41, 5.74) is 0. The van der Waals surface area contributed by atoms with E-state index in [0.717, 1.165) is 0 Å². The number of ether oxygens (including phenoxy) is 2. The maximum absolute atomic E-state index is 11.7. The van der Waals surface area contributed by atoms with Crippen LogP contribution in [0.5, 0.6) is 0 Å². The van der Waals surface area contributed by atoms with Crippen molar-refractivity contribution in [2.75, 3.05) is 26.8 Å². The molecular weight excluding hydrogens is 236 g/mol. The van der Waals surface area contributed by atoms with E-state index in [2.05, 4.69) is 10.6 Å². The predicted molar refractivity (Wildman–Crippen MR) is 66.1 cm³/mol. The summed E-state index contributed by atoms with van der Waals surface area (Å²) < 4.78 is 9.97. The summed E-state index contributed by atoms with van der Waals surface area (Å²) in [5.74, 6) is -0.247. The third-order valence-electron chi connectivity index (χ3n) is 2.90. The quantitative estimate of drug-likeness (QED) is 0.489. The monoisotopic (exact) mass is 258 g/mol. The second-order valence-electron chi connectivity index (χ2n) is 4.25. The van der Waals surface area contributed by atoms with Crippen LogP contribution in [0.2, 0.25) is 0 Å². The summed E-state index contributed by atoms with van der Waals surface area (Å²) in [6.45, 7) is 3.37. The number of hydrogen-bond donors (Lipinski definition) is 2. The Balaban J connectivity index is 2.09. The van der Waals surface area contributed by atoms with E-state index >= 15 is 0 Å². The van der Waals surface area contributed by atoms with Gasteiger partial charge in [0.25, 0.3) is 0 Å². The van der Waals surface area contributed by atoms with Gasteiger partial charge in [-0.2, -0.15) is 0 Å². The summed E-state index contributed by atoms with van der Waals surface area (Å²) in [5, 5.41) is 5.90. The largest absolute Gasteiger partial charge is 0.466 e. The van der Waals surface area contributed by atoms with Crippen LogP contribution in [0, 0.1) is 0 Å². The highest BCUT2D eigenvalue weighted by molar-refractivity contribution is 5.82. The molecule has 0 saturated carbocycles. The average molecular weight is 258 g/mol. The molecule has 1 amide bonds. The van der Waals surface area contributed by atoms with Crippen molar-refractivity contribution in [1.82, 2.24) is 10.6 Å². The van der Waals surface area contributed by atoms with Gasteiger partial charge in [-0.05, 0) is 19.8 Å². The van der Waals surface area contributed by atoms with E-state index in [1.807, 2.05) is 0 Å². The van der Waals surface area contributed by atoms with Gasteiger partial charge in [0.2, 0.25) is 5.91 Å². The van der Waals surface area contributed by atoms with E-state index in [0.29, 0.717) is 39.0 Å². The number of carbonyl (C=O) groups excluding carboxylic acids is 2. The van der Waals surface area contributed by atoms with Gasteiger partial charge in [0.15, 0.2) is 0 Å². The van der Waals surface area contributed by atoms with Crippen LogP contribution in [0.4, 0.5) is 0 Å². The molecule has 0 aromatic carbocycles. The van der Waals surface area contributed by atoms with Gasteiger partial charge in [-0.3, -0.25) is 9.59 Å². The van der Waals surface area contributed by atoms with Gasteiger partial charge in [0.1, 0.15) is 0 Å². The Labute approximate surface area is 107 Å². The van der Waals surface area contributed by atoms with Crippen molar-refractivity contribution in [2.45, 2.75) is 38.3 Å². The third kappa shape index (κ3) is 5.01. The fourth-order valence-corrected chi connectivity index (χ4v) is 1.88. The van der Waals surface area contributed by atoms with E-state index in [1.165, 1.54) is 0 Å². The molecule has 2 N–H and O–H groups in total. The normalized spacial score (nSPS) is 22.8. The molecule has 1 fully saturated rings. The Bertz CT molecular complexity index is 283. The zero-order valence-corrected chi connectivity index (χ0v) is 11.0. The molecule has 18 heavy (non-hydrogen) atoms. The molecule has 0 radical (unpaired) electrons. The van der Waals surface area contributed by atoms with Gasteiger partial charge in [-0.15, -0.1) is 0 Å². The molecule has 1 aliphatic rings. The number of nitrogens with one attached hydrogen (secondary N) is 2.